The third-order valence-corrected chi connectivity index (χ3v) is 6.56. The monoisotopic (exact) mass is 492 g/mol. The largest absolute Gasteiger partial charge is 0.395 e. The van der Waals surface area contributed by atoms with E-state index in [0.717, 1.165) is 0 Å². The van der Waals surface area contributed by atoms with Gasteiger partial charge in [-0.2, -0.15) is 9.61 Å². The fourth-order valence-electron chi connectivity index (χ4n) is 4.27. The van der Waals surface area contributed by atoms with Gasteiger partial charge >= 0.3 is 0 Å². The number of hydrogen-bond donors (Lipinski definition) is 4. The number of rotatable bonds is 6. The maximum atomic E-state index is 13.8. The number of aliphatic hydroxyl groups is 2. The molecule has 0 radical (unpaired) electrons. The number of nitrogens with one attached hydrogen (secondary N) is 2. The van der Waals surface area contributed by atoms with Crippen LogP contribution in [-0.4, -0.2) is 61.2 Å². The highest BCUT2D eigenvalue weighted by atomic mass is 19.1. The average Bonchev–Trinajstić information content (AvgIpc) is 3.31. The van der Waals surface area contributed by atoms with E-state index in [1.807, 2.05) is 0 Å². The van der Waals surface area contributed by atoms with Gasteiger partial charge in [-0.05, 0) is 38.1 Å². The minimum Gasteiger partial charge on any atom is -0.395 e. The fraction of sp³-hybridized carbons (Fsp3) is 0.320. The molecule has 186 valence electrons. The second kappa shape index (κ2) is 8.92. The van der Waals surface area contributed by atoms with Gasteiger partial charge in [0.1, 0.15) is 11.6 Å². The molecular weight excluding hydrogens is 467 g/mol. The quantitative estimate of drug-likeness (QED) is 0.321. The minimum absolute atomic E-state index is 0.138. The second-order valence-corrected chi connectivity index (χ2v) is 9.25. The van der Waals surface area contributed by atoms with Crippen molar-refractivity contribution in [2.75, 3.05) is 25.1 Å². The maximum Gasteiger partial charge on any atom is 0.231 e. The van der Waals surface area contributed by atoms with Crippen LogP contribution >= 0.6 is 0 Å². The van der Waals surface area contributed by atoms with Crippen LogP contribution in [0.1, 0.15) is 42.4 Å². The minimum atomic E-state index is -1.39. The molecule has 0 spiro atoms. The van der Waals surface area contributed by atoms with Crippen molar-refractivity contribution < 1.29 is 24.2 Å². The van der Waals surface area contributed by atoms with Crippen LogP contribution in [0.25, 0.3) is 27.7 Å². The zero-order valence-electron chi connectivity index (χ0n) is 19.7. The van der Waals surface area contributed by atoms with Gasteiger partial charge in [0.25, 0.3) is 0 Å². The number of Topliss-reactive ketones (excluding diaryl/α,β-unsaturated/α-hetero) is 1. The maximum absolute atomic E-state index is 13.8. The first-order chi connectivity index (χ1) is 17.3. The summed E-state index contributed by atoms with van der Waals surface area (Å²) in [5.74, 6) is -0.617. The predicted octanol–water partition coefficient (Wildman–Crippen LogP) is 2.25. The van der Waals surface area contributed by atoms with Crippen LogP contribution in [-0.2, 0) is 4.79 Å². The summed E-state index contributed by atoms with van der Waals surface area (Å²) in [7, 11) is 0. The molecule has 4 heterocycles. The van der Waals surface area contributed by atoms with Gasteiger partial charge in [-0.25, -0.2) is 9.37 Å². The lowest BCUT2D eigenvalue weighted by Crippen LogP contribution is -2.45. The molecule has 5 rings (SSSR count). The lowest BCUT2D eigenvalue weighted by molar-refractivity contribution is -0.135. The standard InChI is InChI=1S/C25H25FN6O4/c1-13(30-24(36)25(2,11-33)12-34)21-20-19(35)5-6-27-23(20)32-22(31-21)17(10-29-32)15-7-14-8-16(26)3-4-18(14)28-9-15/h3-4,7-10,13,27,33-34H,5-6,11-12H2,1-2H3,(H,30,36). The van der Waals surface area contributed by atoms with Crippen molar-refractivity contribution in [2.45, 2.75) is 26.3 Å². The number of amides is 1. The van der Waals surface area contributed by atoms with Gasteiger partial charge in [-0.15, -0.1) is 0 Å². The molecule has 11 heteroatoms. The molecule has 0 bridgehead atoms. The van der Waals surface area contributed by atoms with E-state index in [9.17, 15) is 24.2 Å². The van der Waals surface area contributed by atoms with Crippen LogP contribution in [0.4, 0.5) is 10.2 Å². The summed E-state index contributed by atoms with van der Waals surface area (Å²) in [6.07, 6.45) is 3.51. The number of carbonyl (C=O) groups excluding carboxylic acids is 2. The van der Waals surface area contributed by atoms with Crippen LogP contribution < -0.4 is 10.6 Å². The Bertz CT molecular complexity index is 1510. The predicted molar refractivity (Wildman–Crippen MR) is 130 cm³/mol. The Morgan fingerprint density at radius 1 is 1.28 bits per heavy atom. The molecule has 0 saturated carbocycles. The number of pyridine rings is 1. The number of halogens is 1. The van der Waals surface area contributed by atoms with E-state index in [4.69, 9.17) is 4.98 Å². The molecule has 0 aliphatic carbocycles. The first-order valence-corrected chi connectivity index (χ1v) is 11.5. The van der Waals surface area contributed by atoms with Crippen LogP contribution in [0.5, 0.6) is 0 Å². The van der Waals surface area contributed by atoms with Crippen molar-refractivity contribution in [1.29, 1.82) is 0 Å². The summed E-state index contributed by atoms with van der Waals surface area (Å²) in [6.45, 7) is 2.46. The van der Waals surface area contributed by atoms with Gasteiger partial charge in [0.15, 0.2) is 11.4 Å². The molecule has 1 aromatic carbocycles. The molecule has 10 nitrogen and oxygen atoms in total. The van der Waals surface area contributed by atoms with Crippen LogP contribution in [0.15, 0.2) is 36.7 Å². The van der Waals surface area contributed by atoms with Crippen LogP contribution in [0.3, 0.4) is 0 Å². The topological polar surface area (TPSA) is 142 Å². The molecule has 1 atom stereocenters. The number of carbonyl (C=O) groups is 2. The first-order valence-electron chi connectivity index (χ1n) is 11.5. The Morgan fingerprint density at radius 2 is 2.06 bits per heavy atom. The molecule has 3 aromatic heterocycles. The third kappa shape index (κ3) is 3.86. The van der Waals surface area contributed by atoms with E-state index in [1.54, 1.807) is 36.0 Å². The smallest absolute Gasteiger partial charge is 0.231 e. The second-order valence-electron chi connectivity index (χ2n) is 9.25. The molecular formula is C25H25FN6O4. The van der Waals surface area contributed by atoms with Crippen molar-refractivity contribution >= 4 is 34.1 Å². The normalized spacial score (nSPS) is 14.5. The molecule has 4 N–H and O–H groups in total. The first kappa shape index (κ1) is 23.8. The zero-order chi connectivity index (χ0) is 25.6. The summed E-state index contributed by atoms with van der Waals surface area (Å²) < 4.78 is 15.4. The molecule has 1 aliphatic rings. The summed E-state index contributed by atoms with van der Waals surface area (Å²) in [5.41, 5.74) is 1.61. The SMILES string of the molecule is CC(NC(=O)C(C)(CO)CO)c1nc2c(-c3cnc4ccc(F)cc4c3)cnn2c2c1C(=O)CCN2. The molecule has 36 heavy (non-hydrogen) atoms. The molecule has 1 amide bonds. The van der Waals surface area contributed by atoms with E-state index < -0.39 is 30.6 Å². The van der Waals surface area contributed by atoms with Gasteiger partial charge in [0.05, 0.1) is 47.6 Å². The number of ketones is 1. The number of fused-ring (bicyclic) bond motifs is 4. The van der Waals surface area contributed by atoms with Crippen molar-refractivity contribution in [3.8, 4) is 11.1 Å². The van der Waals surface area contributed by atoms with Gasteiger partial charge in [0.2, 0.25) is 5.91 Å². The van der Waals surface area contributed by atoms with E-state index >= 15 is 0 Å². The highest BCUT2D eigenvalue weighted by Crippen LogP contribution is 2.34. The van der Waals surface area contributed by atoms with Gasteiger partial charge < -0.3 is 20.8 Å². The number of aromatic nitrogens is 4. The summed E-state index contributed by atoms with van der Waals surface area (Å²) in [6, 6.07) is 5.42. The Hall–Kier alpha value is -3.96. The lowest BCUT2D eigenvalue weighted by Gasteiger charge is -2.27. The molecule has 1 aliphatic heterocycles. The van der Waals surface area contributed by atoms with Gasteiger partial charge in [0, 0.05) is 35.7 Å². The fourth-order valence-corrected chi connectivity index (χ4v) is 4.27. The molecule has 1 unspecified atom stereocenters. The van der Waals surface area contributed by atoms with Crippen molar-refractivity contribution in [1.82, 2.24) is 24.9 Å². The van der Waals surface area contributed by atoms with Gasteiger partial charge in [-0.1, -0.05) is 0 Å². The van der Waals surface area contributed by atoms with E-state index in [1.165, 1.54) is 19.1 Å². The number of benzene rings is 1. The van der Waals surface area contributed by atoms with Crippen molar-refractivity contribution in [2.24, 2.45) is 5.41 Å². The Labute approximate surface area is 205 Å². The van der Waals surface area contributed by atoms with Crippen molar-refractivity contribution in [3.05, 3.63) is 53.7 Å². The highest BCUT2D eigenvalue weighted by molar-refractivity contribution is 6.04. The third-order valence-electron chi connectivity index (χ3n) is 6.56. The molecule has 0 fully saturated rings. The molecule has 0 saturated heterocycles. The van der Waals surface area contributed by atoms with Crippen LogP contribution in [0.2, 0.25) is 0 Å². The average molecular weight is 493 g/mol. The van der Waals surface area contributed by atoms with E-state index in [2.05, 4.69) is 20.7 Å². The highest BCUT2D eigenvalue weighted by Gasteiger charge is 2.35. The summed E-state index contributed by atoms with van der Waals surface area (Å²) in [5, 5.41) is 30.3. The zero-order valence-corrected chi connectivity index (χ0v) is 19.7. The Morgan fingerprint density at radius 3 is 2.81 bits per heavy atom. The number of anilines is 1. The number of nitrogens with zero attached hydrogens (tertiary/aromatic N) is 4. The van der Waals surface area contributed by atoms with E-state index in [0.29, 0.717) is 51.3 Å². The Kier molecular flexibility index (Phi) is 5.89. The lowest BCUT2D eigenvalue weighted by atomic mass is 9.91. The van der Waals surface area contributed by atoms with E-state index in [-0.39, 0.29) is 18.0 Å². The number of hydrogen-bond acceptors (Lipinski definition) is 8. The Balaban J connectivity index is 1.65. The summed E-state index contributed by atoms with van der Waals surface area (Å²) >= 11 is 0. The number of aliphatic hydroxyl groups excluding tert-OH is 2. The van der Waals surface area contributed by atoms with Gasteiger partial charge in [-0.3, -0.25) is 14.6 Å². The van der Waals surface area contributed by atoms with Crippen molar-refractivity contribution in [3.63, 3.8) is 0 Å². The summed E-state index contributed by atoms with van der Waals surface area (Å²) in [4.78, 5) is 34.9. The molecule has 4 aromatic rings. The van der Waals surface area contributed by atoms with Crippen LogP contribution in [0, 0.1) is 11.2 Å².